The molecule has 0 aromatic heterocycles. The Balaban J connectivity index is 1.84. The van der Waals surface area contributed by atoms with E-state index in [0.29, 0.717) is 23.4 Å². The Kier molecular flexibility index (Phi) is 3.72. The minimum absolute atomic E-state index is 0.324. The van der Waals surface area contributed by atoms with Crippen molar-refractivity contribution < 1.29 is 5.11 Å². The van der Waals surface area contributed by atoms with E-state index >= 15 is 0 Å². The molecule has 1 aromatic rings. The van der Waals surface area contributed by atoms with Crippen molar-refractivity contribution in [2.24, 2.45) is 5.92 Å². The van der Waals surface area contributed by atoms with Crippen molar-refractivity contribution in [3.05, 3.63) is 28.8 Å². The summed E-state index contributed by atoms with van der Waals surface area (Å²) in [5.74, 6) is 1.16. The van der Waals surface area contributed by atoms with Gasteiger partial charge in [0.15, 0.2) is 0 Å². The van der Waals surface area contributed by atoms with Gasteiger partial charge in [-0.15, -0.1) is 0 Å². The summed E-state index contributed by atoms with van der Waals surface area (Å²) in [5.41, 5.74) is 0.884. The molecule has 3 heteroatoms. The first-order chi connectivity index (χ1) is 7.70. The molecule has 0 spiro atoms. The van der Waals surface area contributed by atoms with Crippen molar-refractivity contribution in [3.8, 4) is 5.75 Å². The molecule has 1 saturated carbocycles. The predicted octanol–water partition coefficient (Wildman–Crippen LogP) is 3.32. The van der Waals surface area contributed by atoms with Crippen LogP contribution in [0.15, 0.2) is 18.2 Å². The standard InChI is InChI=1S/C13H18ClNO/c1-2-3-9-7-12(9)15-8-10-6-11(14)4-5-13(10)16/h4-6,9,12,15-16H,2-3,7-8H2,1H3. The lowest BCUT2D eigenvalue weighted by molar-refractivity contribution is 0.463. The molecule has 0 radical (unpaired) electrons. The Hall–Kier alpha value is -0.730. The molecule has 0 amide bonds. The summed E-state index contributed by atoms with van der Waals surface area (Å²) in [6.45, 7) is 2.93. The number of phenolic OH excluding ortho intramolecular Hbond substituents is 1. The highest BCUT2D eigenvalue weighted by atomic mass is 35.5. The summed E-state index contributed by atoms with van der Waals surface area (Å²) < 4.78 is 0. The minimum atomic E-state index is 0.324. The highest BCUT2D eigenvalue weighted by molar-refractivity contribution is 6.30. The summed E-state index contributed by atoms with van der Waals surface area (Å²) in [4.78, 5) is 0. The van der Waals surface area contributed by atoms with Crippen molar-refractivity contribution in [3.63, 3.8) is 0 Å². The lowest BCUT2D eigenvalue weighted by Gasteiger charge is -2.06. The molecule has 0 aliphatic heterocycles. The third-order valence-corrected chi connectivity index (χ3v) is 3.41. The average molecular weight is 240 g/mol. The zero-order chi connectivity index (χ0) is 11.5. The van der Waals surface area contributed by atoms with E-state index in [-0.39, 0.29) is 0 Å². The van der Waals surface area contributed by atoms with Gasteiger partial charge in [0.2, 0.25) is 0 Å². The van der Waals surface area contributed by atoms with Crippen LogP contribution in [0.3, 0.4) is 0 Å². The molecule has 16 heavy (non-hydrogen) atoms. The molecule has 2 unspecified atom stereocenters. The van der Waals surface area contributed by atoms with E-state index in [1.165, 1.54) is 19.3 Å². The Labute approximate surface area is 102 Å². The van der Waals surface area contributed by atoms with E-state index in [4.69, 9.17) is 11.6 Å². The number of halogens is 1. The highest BCUT2D eigenvalue weighted by Crippen LogP contribution is 2.35. The number of hydrogen-bond donors (Lipinski definition) is 2. The second kappa shape index (κ2) is 5.07. The maximum Gasteiger partial charge on any atom is 0.120 e. The molecule has 1 aliphatic carbocycles. The van der Waals surface area contributed by atoms with E-state index in [9.17, 15) is 5.11 Å². The van der Waals surface area contributed by atoms with E-state index in [1.807, 2.05) is 6.07 Å². The first-order valence-electron chi connectivity index (χ1n) is 5.91. The van der Waals surface area contributed by atoms with Crippen LogP contribution < -0.4 is 5.32 Å². The van der Waals surface area contributed by atoms with Crippen LogP contribution in [0.5, 0.6) is 5.75 Å². The van der Waals surface area contributed by atoms with Crippen molar-refractivity contribution in [2.45, 2.75) is 38.8 Å². The van der Waals surface area contributed by atoms with Crippen LogP contribution in [-0.2, 0) is 6.54 Å². The highest BCUT2D eigenvalue weighted by Gasteiger charge is 2.35. The fraction of sp³-hybridized carbons (Fsp3) is 0.538. The van der Waals surface area contributed by atoms with Crippen LogP contribution in [-0.4, -0.2) is 11.1 Å². The first kappa shape index (κ1) is 11.7. The van der Waals surface area contributed by atoms with Crippen LogP contribution >= 0.6 is 11.6 Å². The normalized spacial score (nSPS) is 23.4. The van der Waals surface area contributed by atoms with E-state index in [0.717, 1.165) is 11.5 Å². The van der Waals surface area contributed by atoms with Crippen molar-refractivity contribution >= 4 is 11.6 Å². The maximum atomic E-state index is 9.64. The third-order valence-electron chi connectivity index (χ3n) is 3.18. The summed E-state index contributed by atoms with van der Waals surface area (Å²) in [6, 6.07) is 5.81. The van der Waals surface area contributed by atoms with Gasteiger partial charge in [0.25, 0.3) is 0 Å². The van der Waals surface area contributed by atoms with Crippen LogP contribution in [0.2, 0.25) is 5.02 Å². The number of aromatic hydroxyl groups is 1. The number of hydrogen-bond acceptors (Lipinski definition) is 2. The Morgan fingerprint density at radius 3 is 3.06 bits per heavy atom. The van der Waals surface area contributed by atoms with Crippen molar-refractivity contribution in [1.82, 2.24) is 5.32 Å². The Bertz CT molecular complexity index is 367. The number of phenols is 1. The molecule has 88 valence electrons. The van der Waals surface area contributed by atoms with Gasteiger partial charge < -0.3 is 10.4 Å². The molecular weight excluding hydrogens is 222 g/mol. The van der Waals surface area contributed by atoms with Gasteiger partial charge in [-0.1, -0.05) is 24.9 Å². The predicted molar refractivity (Wildman–Crippen MR) is 66.8 cm³/mol. The fourth-order valence-corrected chi connectivity index (χ4v) is 2.32. The molecule has 2 atom stereocenters. The van der Waals surface area contributed by atoms with Crippen LogP contribution in [0, 0.1) is 5.92 Å². The van der Waals surface area contributed by atoms with Crippen molar-refractivity contribution in [1.29, 1.82) is 0 Å². The van der Waals surface area contributed by atoms with Gasteiger partial charge in [-0.2, -0.15) is 0 Å². The zero-order valence-electron chi connectivity index (χ0n) is 9.54. The second-order valence-electron chi connectivity index (χ2n) is 4.54. The molecule has 1 aromatic carbocycles. The van der Waals surface area contributed by atoms with Crippen LogP contribution in [0.4, 0.5) is 0 Å². The van der Waals surface area contributed by atoms with Crippen LogP contribution in [0.1, 0.15) is 31.7 Å². The quantitative estimate of drug-likeness (QED) is 0.826. The summed E-state index contributed by atoms with van der Waals surface area (Å²) >= 11 is 5.89. The molecule has 0 saturated heterocycles. The van der Waals surface area contributed by atoms with Gasteiger partial charge in [-0.25, -0.2) is 0 Å². The summed E-state index contributed by atoms with van der Waals surface area (Å²) in [5, 5.41) is 13.8. The molecule has 2 nitrogen and oxygen atoms in total. The van der Waals surface area contributed by atoms with E-state index in [1.54, 1.807) is 12.1 Å². The largest absolute Gasteiger partial charge is 0.508 e. The maximum absolute atomic E-state index is 9.64. The average Bonchev–Trinajstić information content (AvgIpc) is 2.99. The third kappa shape index (κ3) is 2.89. The second-order valence-corrected chi connectivity index (χ2v) is 4.98. The number of benzene rings is 1. The molecule has 1 fully saturated rings. The molecule has 0 bridgehead atoms. The monoisotopic (exact) mass is 239 g/mol. The Morgan fingerprint density at radius 2 is 2.31 bits per heavy atom. The molecule has 2 N–H and O–H groups in total. The van der Waals surface area contributed by atoms with Crippen LogP contribution in [0.25, 0.3) is 0 Å². The molecule has 0 heterocycles. The molecule has 2 rings (SSSR count). The van der Waals surface area contributed by atoms with Gasteiger partial charge in [0.1, 0.15) is 5.75 Å². The summed E-state index contributed by atoms with van der Waals surface area (Å²) in [6.07, 6.45) is 3.83. The minimum Gasteiger partial charge on any atom is -0.508 e. The lowest BCUT2D eigenvalue weighted by atomic mass is 10.2. The van der Waals surface area contributed by atoms with Crippen molar-refractivity contribution in [2.75, 3.05) is 0 Å². The SMILES string of the molecule is CCCC1CC1NCc1cc(Cl)ccc1O. The smallest absolute Gasteiger partial charge is 0.120 e. The van der Waals surface area contributed by atoms with E-state index in [2.05, 4.69) is 12.2 Å². The number of rotatable bonds is 5. The number of nitrogens with one attached hydrogen (secondary N) is 1. The molecular formula is C13H18ClNO. The first-order valence-corrected chi connectivity index (χ1v) is 6.29. The van der Waals surface area contributed by atoms with Gasteiger partial charge in [0, 0.05) is 23.2 Å². The topological polar surface area (TPSA) is 32.3 Å². The van der Waals surface area contributed by atoms with Gasteiger partial charge in [0.05, 0.1) is 0 Å². The Morgan fingerprint density at radius 1 is 1.50 bits per heavy atom. The molecule has 1 aliphatic rings. The van der Waals surface area contributed by atoms with Gasteiger partial charge >= 0.3 is 0 Å². The van der Waals surface area contributed by atoms with Gasteiger partial charge in [-0.3, -0.25) is 0 Å². The fourth-order valence-electron chi connectivity index (χ4n) is 2.12. The lowest BCUT2D eigenvalue weighted by Crippen LogP contribution is -2.17. The zero-order valence-corrected chi connectivity index (χ0v) is 10.3. The van der Waals surface area contributed by atoms with E-state index < -0.39 is 0 Å². The van der Waals surface area contributed by atoms with Gasteiger partial charge in [-0.05, 0) is 37.0 Å². The summed E-state index contributed by atoms with van der Waals surface area (Å²) in [7, 11) is 0.